The van der Waals surface area contributed by atoms with Crippen LogP contribution in [0, 0.1) is 0 Å². The Morgan fingerprint density at radius 3 is 2.00 bits per heavy atom. The van der Waals surface area contributed by atoms with Crippen molar-refractivity contribution < 1.29 is 0 Å². The summed E-state index contributed by atoms with van der Waals surface area (Å²) in [5.74, 6) is 0. The average Bonchev–Trinajstić information content (AvgIpc) is 1.98. The van der Waals surface area contributed by atoms with E-state index in [4.69, 9.17) is 0 Å². The molecule has 0 saturated heterocycles. The molecule has 0 aliphatic carbocycles. The van der Waals surface area contributed by atoms with E-state index in [9.17, 15) is 0 Å². The van der Waals surface area contributed by atoms with Gasteiger partial charge in [-0.25, -0.2) is 0 Å². The average molecular weight is 152 g/mol. The monoisotopic (exact) mass is 152 g/mol. The lowest BCUT2D eigenvalue weighted by Crippen LogP contribution is -1.87. The van der Waals surface area contributed by atoms with Crippen LogP contribution in [-0.4, -0.2) is 0 Å². The van der Waals surface area contributed by atoms with E-state index in [-0.39, 0.29) is 0 Å². The van der Waals surface area contributed by atoms with Crippen LogP contribution < -0.4 is 0 Å². The van der Waals surface area contributed by atoms with Gasteiger partial charge < -0.3 is 0 Å². The Labute approximate surface area is 71.0 Å². The van der Waals surface area contributed by atoms with Crippen molar-refractivity contribution in [2.24, 2.45) is 0 Å². The quantitative estimate of drug-likeness (QED) is 0.534. The van der Waals surface area contributed by atoms with Gasteiger partial charge in [-0.05, 0) is 45.3 Å². The van der Waals surface area contributed by atoms with Crippen molar-refractivity contribution in [3.8, 4) is 0 Å². The predicted molar refractivity (Wildman–Crippen MR) is 52.7 cm³/mol. The van der Waals surface area contributed by atoms with Gasteiger partial charge in [-0.15, -0.1) is 0 Å². The van der Waals surface area contributed by atoms with E-state index in [1.807, 2.05) is 0 Å². The molecule has 0 amide bonds. The van der Waals surface area contributed by atoms with Crippen molar-refractivity contribution in [2.75, 3.05) is 0 Å². The fourth-order valence-electron chi connectivity index (χ4n) is 1.14. The molecule has 64 valence electrons. The summed E-state index contributed by atoms with van der Waals surface area (Å²) in [5, 5.41) is 0. The Balaban J connectivity index is 4.41. The van der Waals surface area contributed by atoms with Crippen LogP contribution in [0.5, 0.6) is 0 Å². The van der Waals surface area contributed by atoms with E-state index in [0.717, 1.165) is 0 Å². The first-order valence-corrected chi connectivity index (χ1v) is 4.43. The molecule has 0 aliphatic rings. The molecule has 0 N–H and O–H groups in total. The third kappa shape index (κ3) is 3.41. The van der Waals surface area contributed by atoms with Gasteiger partial charge in [-0.1, -0.05) is 25.0 Å². The van der Waals surface area contributed by atoms with Gasteiger partial charge >= 0.3 is 0 Å². The molecule has 0 nitrogen and oxygen atoms in total. The summed E-state index contributed by atoms with van der Waals surface area (Å²) in [5.41, 5.74) is 4.41. The zero-order valence-electron chi connectivity index (χ0n) is 8.49. The molecule has 0 radical (unpaired) electrons. The van der Waals surface area contributed by atoms with Crippen LogP contribution in [0.2, 0.25) is 0 Å². The van der Waals surface area contributed by atoms with Crippen molar-refractivity contribution in [3.63, 3.8) is 0 Å². The summed E-state index contributed by atoms with van der Waals surface area (Å²) in [6.45, 7) is 10.9. The Kier molecular flexibility index (Phi) is 4.93. The van der Waals surface area contributed by atoms with Crippen LogP contribution in [-0.2, 0) is 0 Å². The molecule has 0 heterocycles. The fourth-order valence-corrected chi connectivity index (χ4v) is 1.14. The number of hydrogen-bond acceptors (Lipinski definition) is 0. The van der Waals surface area contributed by atoms with Gasteiger partial charge in [0.2, 0.25) is 0 Å². The van der Waals surface area contributed by atoms with Crippen LogP contribution in [0.4, 0.5) is 0 Å². The second kappa shape index (κ2) is 5.17. The second-order valence-corrected chi connectivity index (χ2v) is 3.19. The lowest BCUT2D eigenvalue weighted by atomic mass is 9.99. The molecule has 0 atom stereocenters. The minimum absolute atomic E-state index is 1.22. The SMILES string of the molecule is C/C=C(/CCC)C(C)=C(C)C. The Bertz CT molecular complexity index is 166. The first-order chi connectivity index (χ1) is 5.13. The third-order valence-electron chi connectivity index (χ3n) is 2.10. The van der Waals surface area contributed by atoms with E-state index in [1.54, 1.807) is 0 Å². The first-order valence-electron chi connectivity index (χ1n) is 4.43. The number of allylic oxidation sites excluding steroid dienone is 4. The highest BCUT2D eigenvalue weighted by Crippen LogP contribution is 2.18. The molecule has 11 heavy (non-hydrogen) atoms. The molecule has 0 aliphatic heterocycles. The zero-order valence-corrected chi connectivity index (χ0v) is 8.49. The summed E-state index contributed by atoms with van der Waals surface area (Å²) < 4.78 is 0. The molecule has 0 heteroatoms. The summed E-state index contributed by atoms with van der Waals surface area (Å²) in [6, 6.07) is 0. The van der Waals surface area contributed by atoms with Crippen LogP contribution >= 0.6 is 0 Å². The fraction of sp³-hybridized carbons (Fsp3) is 0.636. The standard InChI is InChI=1S/C11H20/c1-6-8-11(7-2)10(5)9(3)4/h7H,6,8H2,1-5H3/b11-7-. The molecule has 0 rings (SSSR count). The largest absolute Gasteiger partial charge is 0.0842 e. The van der Waals surface area contributed by atoms with E-state index >= 15 is 0 Å². The molecule has 0 fully saturated rings. The predicted octanol–water partition coefficient (Wildman–Crippen LogP) is 4.09. The normalized spacial score (nSPS) is 11.5. The molecule has 0 aromatic rings. The lowest BCUT2D eigenvalue weighted by Gasteiger charge is -2.07. The van der Waals surface area contributed by atoms with Crippen molar-refractivity contribution in [1.29, 1.82) is 0 Å². The molecule has 0 saturated carbocycles. The second-order valence-electron chi connectivity index (χ2n) is 3.19. The maximum Gasteiger partial charge on any atom is -0.0282 e. The van der Waals surface area contributed by atoms with Gasteiger partial charge in [0, 0.05) is 0 Å². The summed E-state index contributed by atoms with van der Waals surface area (Å²) >= 11 is 0. The Morgan fingerprint density at radius 1 is 1.18 bits per heavy atom. The van der Waals surface area contributed by atoms with Gasteiger partial charge in [-0.2, -0.15) is 0 Å². The van der Waals surface area contributed by atoms with Crippen molar-refractivity contribution in [3.05, 3.63) is 22.8 Å². The van der Waals surface area contributed by atoms with Gasteiger partial charge in [0.15, 0.2) is 0 Å². The van der Waals surface area contributed by atoms with Crippen molar-refractivity contribution in [2.45, 2.75) is 47.5 Å². The highest BCUT2D eigenvalue weighted by Gasteiger charge is 1.98. The van der Waals surface area contributed by atoms with Gasteiger partial charge in [0.25, 0.3) is 0 Å². The Hall–Kier alpha value is -0.520. The number of hydrogen-bond donors (Lipinski definition) is 0. The van der Waals surface area contributed by atoms with Crippen LogP contribution in [0.15, 0.2) is 22.8 Å². The minimum atomic E-state index is 1.22. The smallest absolute Gasteiger partial charge is 0.0282 e. The maximum absolute atomic E-state index is 2.23. The molecule has 0 bridgehead atoms. The van der Waals surface area contributed by atoms with Gasteiger partial charge in [0.05, 0.1) is 0 Å². The minimum Gasteiger partial charge on any atom is -0.0842 e. The Morgan fingerprint density at radius 2 is 1.73 bits per heavy atom. The number of rotatable bonds is 3. The van der Waals surface area contributed by atoms with Crippen molar-refractivity contribution >= 4 is 0 Å². The topological polar surface area (TPSA) is 0 Å². The third-order valence-corrected chi connectivity index (χ3v) is 2.10. The first kappa shape index (κ1) is 10.5. The molecule has 0 aromatic heterocycles. The molecule has 0 spiro atoms. The van der Waals surface area contributed by atoms with Gasteiger partial charge in [-0.3, -0.25) is 0 Å². The molecule has 0 aromatic carbocycles. The van der Waals surface area contributed by atoms with E-state index in [2.05, 4.69) is 40.7 Å². The zero-order chi connectivity index (χ0) is 8.85. The maximum atomic E-state index is 2.23. The lowest BCUT2D eigenvalue weighted by molar-refractivity contribution is 0.904. The highest BCUT2D eigenvalue weighted by molar-refractivity contribution is 5.31. The van der Waals surface area contributed by atoms with E-state index in [0.29, 0.717) is 0 Å². The molecular formula is C11H20. The summed E-state index contributed by atoms with van der Waals surface area (Å²) in [4.78, 5) is 0. The molecular weight excluding hydrogens is 132 g/mol. The van der Waals surface area contributed by atoms with E-state index < -0.39 is 0 Å². The van der Waals surface area contributed by atoms with Crippen LogP contribution in [0.25, 0.3) is 0 Å². The van der Waals surface area contributed by atoms with E-state index in [1.165, 1.54) is 29.6 Å². The van der Waals surface area contributed by atoms with Crippen molar-refractivity contribution in [1.82, 2.24) is 0 Å². The van der Waals surface area contributed by atoms with Gasteiger partial charge in [0.1, 0.15) is 0 Å². The summed E-state index contributed by atoms with van der Waals surface area (Å²) in [6.07, 6.45) is 4.68. The van der Waals surface area contributed by atoms with Crippen LogP contribution in [0.3, 0.4) is 0 Å². The van der Waals surface area contributed by atoms with Crippen LogP contribution in [0.1, 0.15) is 47.5 Å². The highest BCUT2D eigenvalue weighted by atomic mass is 14.0. The summed E-state index contributed by atoms with van der Waals surface area (Å²) in [7, 11) is 0. The molecule has 0 unspecified atom stereocenters.